The number of hydrogen-bond donors (Lipinski definition) is 12. The first-order valence-electron chi connectivity index (χ1n) is 34.3. The van der Waals surface area contributed by atoms with Gasteiger partial charge in [0, 0.05) is 6.42 Å². The van der Waals surface area contributed by atoms with E-state index in [1.54, 1.807) is 0 Å². The third kappa shape index (κ3) is 33.6. The number of nitrogens with one attached hydrogen (secondary N) is 1. The van der Waals surface area contributed by atoms with Crippen molar-refractivity contribution in [3.8, 4) is 0 Å². The summed E-state index contributed by atoms with van der Waals surface area (Å²) in [5.41, 5.74) is 0. The van der Waals surface area contributed by atoms with Crippen molar-refractivity contribution in [3.63, 3.8) is 0 Å². The highest BCUT2D eigenvalue weighted by Gasteiger charge is 2.53. The second-order valence-corrected chi connectivity index (χ2v) is 24.3. The minimum atomic E-state index is -1.98. The Labute approximate surface area is 533 Å². The van der Waals surface area contributed by atoms with Crippen LogP contribution in [0.4, 0.5) is 0 Å². The van der Waals surface area contributed by atoms with Crippen LogP contribution in [0, 0.1) is 0 Å². The summed E-state index contributed by atoms with van der Waals surface area (Å²) < 4.78 is 34.4. The normalized spacial score (nSPS) is 28.8. The molecular weight excluding hydrogens is 1140 g/mol. The molecule has 17 atom stereocenters. The summed E-state index contributed by atoms with van der Waals surface area (Å²) in [6.45, 7) is 1.66. The Morgan fingerprint density at radius 3 is 1.21 bits per heavy atom. The van der Waals surface area contributed by atoms with Gasteiger partial charge in [-0.1, -0.05) is 227 Å². The first-order chi connectivity index (χ1) is 43.3. The van der Waals surface area contributed by atoms with Crippen LogP contribution in [0.1, 0.15) is 219 Å². The zero-order chi connectivity index (χ0) is 64.7. The van der Waals surface area contributed by atoms with E-state index >= 15 is 0 Å². The number of amides is 1. The first-order valence-corrected chi connectivity index (χ1v) is 34.3. The van der Waals surface area contributed by atoms with Gasteiger partial charge in [0.05, 0.1) is 38.6 Å². The van der Waals surface area contributed by atoms with Crippen molar-refractivity contribution in [1.29, 1.82) is 0 Å². The van der Waals surface area contributed by atoms with E-state index in [0.29, 0.717) is 12.8 Å². The Bertz CT molecular complexity index is 1940. The molecule has 514 valence electrons. The molecule has 0 aliphatic carbocycles. The Kier molecular flexibility index (Phi) is 46.3. The number of allylic oxidation sites excluding steroid dienone is 14. The minimum Gasteiger partial charge on any atom is -0.394 e. The van der Waals surface area contributed by atoms with E-state index < -0.39 is 124 Å². The van der Waals surface area contributed by atoms with E-state index in [2.05, 4.69) is 104 Å². The molecule has 3 fully saturated rings. The third-order valence-corrected chi connectivity index (χ3v) is 16.7. The van der Waals surface area contributed by atoms with Gasteiger partial charge in [0.2, 0.25) is 5.91 Å². The molecule has 3 aliphatic rings. The van der Waals surface area contributed by atoms with Gasteiger partial charge in [-0.15, -0.1) is 0 Å². The maximum absolute atomic E-state index is 13.4. The second-order valence-electron chi connectivity index (χ2n) is 24.3. The van der Waals surface area contributed by atoms with Gasteiger partial charge < -0.3 is 89.9 Å². The maximum Gasteiger partial charge on any atom is 0.220 e. The van der Waals surface area contributed by atoms with Crippen molar-refractivity contribution in [2.24, 2.45) is 0 Å². The fraction of sp³-hybridized carbons (Fsp3) is 0.786. The van der Waals surface area contributed by atoms with Gasteiger partial charge in [0.15, 0.2) is 18.9 Å². The molecule has 19 heteroatoms. The minimum absolute atomic E-state index is 0.248. The molecule has 0 bridgehead atoms. The number of carbonyl (C=O) groups is 1. The molecule has 19 nitrogen and oxygen atoms in total. The summed E-state index contributed by atoms with van der Waals surface area (Å²) in [6, 6.07) is -0.899. The van der Waals surface area contributed by atoms with Crippen LogP contribution >= 0.6 is 0 Å². The Morgan fingerprint density at radius 1 is 0.416 bits per heavy atom. The van der Waals surface area contributed by atoms with E-state index in [1.807, 2.05) is 0 Å². The molecule has 0 aromatic carbocycles. The quantitative estimate of drug-likeness (QED) is 0.0200. The predicted molar refractivity (Wildman–Crippen MR) is 346 cm³/mol. The van der Waals surface area contributed by atoms with E-state index in [0.717, 1.165) is 116 Å². The van der Waals surface area contributed by atoms with Crippen LogP contribution in [-0.2, 0) is 33.2 Å². The van der Waals surface area contributed by atoms with Crippen molar-refractivity contribution in [2.45, 2.75) is 324 Å². The Balaban J connectivity index is 1.42. The molecular formula is C70H121NO18. The van der Waals surface area contributed by atoms with Crippen LogP contribution in [-0.4, -0.2) is 193 Å². The van der Waals surface area contributed by atoms with Crippen molar-refractivity contribution in [1.82, 2.24) is 5.32 Å². The molecule has 17 unspecified atom stereocenters. The molecule has 0 radical (unpaired) electrons. The van der Waals surface area contributed by atoms with Crippen LogP contribution < -0.4 is 5.32 Å². The van der Waals surface area contributed by atoms with Gasteiger partial charge in [-0.3, -0.25) is 4.79 Å². The predicted octanol–water partition coefficient (Wildman–Crippen LogP) is 8.71. The smallest absolute Gasteiger partial charge is 0.220 e. The zero-order valence-electron chi connectivity index (χ0n) is 54.1. The van der Waals surface area contributed by atoms with Gasteiger partial charge >= 0.3 is 0 Å². The SMILES string of the molecule is CC/C=C\C/C=C\C/C=C\C/C=C\C/C=C\C/C=C\C/C=C\CCCCCCCCCC(=O)NC(COC1OC(CO)C(OC2OC(CO)C(OC3OC(CO)C(O)C(O)C3O)C(O)C2O)C(O)C1O)C(O)CCCCCCCCCCCCCCCCC. The standard InChI is InChI=1S/C70H121NO18/c1-3-5-7-9-11-13-15-17-19-20-21-22-23-24-25-26-27-28-29-30-31-32-34-36-38-40-42-44-46-48-58(76)71-53(54(75)47-45-43-41-39-37-35-33-18-16-14-12-10-8-6-4-2)52-84-68-64(82)61(79)66(56(50-73)86-68)89-70-65(83)62(80)67(57(51-74)87-70)88-69-63(81)60(78)59(77)55(49-72)85-69/h5,7,11,13,17,19,21-22,24-25,27-28,30-31,53-57,59-70,72-75,77-83H,3-4,6,8-10,12,14-16,18,20,23,26,29,32-52H2,1-2H3,(H,71,76)/b7-5-,13-11-,19-17-,22-21-,25-24-,28-27-,31-30-. The lowest BCUT2D eigenvalue weighted by atomic mass is 9.96. The van der Waals surface area contributed by atoms with Gasteiger partial charge in [-0.05, 0) is 70.6 Å². The van der Waals surface area contributed by atoms with Gasteiger partial charge in [-0.2, -0.15) is 0 Å². The lowest BCUT2D eigenvalue weighted by Gasteiger charge is -2.48. The number of ether oxygens (including phenoxy) is 6. The van der Waals surface area contributed by atoms with Crippen molar-refractivity contribution >= 4 is 5.91 Å². The molecule has 3 rings (SSSR count). The van der Waals surface area contributed by atoms with Crippen molar-refractivity contribution in [3.05, 3.63) is 85.1 Å². The molecule has 3 heterocycles. The first kappa shape index (κ1) is 80.2. The summed E-state index contributed by atoms with van der Waals surface area (Å²) in [5.74, 6) is -0.257. The molecule has 12 N–H and O–H groups in total. The van der Waals surface area contributed by atoms with Crippen molar-refractivity contribution in [2.75, 3.05) is 26.4 Å². The number of carbonyl (C=O) groups excluding carboxylic acids is 1. The fourth-order valence-electron chi connectivity index (χ4n) is 11.2. The number of hydrogen-bond acceptors (Lipinski definition) is 18. The number of unbranched alkanes of at least 4 members (excludes halogenated alkanes) is 21. The lowest BCUT2D eigenvalue weighted by molar-refractivity contribution is -0.379. The molecule has 3 saturated heterocycles. The summed E-state index contributed by atoms with van der Waals surface area (Å²) in [5, 5.41) is 121. The molecule has 0 aromatic rings. The van der Waals surface area contributed by atoms with Gasteiger partial charge in [0.25, 0.3) is 0 Å². The summed E-state index contributed by atoms with van der Waals surface area (Å²) in [7, 11) is 0. The molecule has 0 saturated carbocycles. The molecule has 0 aromatic heterocycles. The largest absolute Gasteiger partial charge is 0.394 e. The molecule has 0 spiro atoms. The maximum atomic E-state index is 13.4. The highest BCUT2D eigenvalue weighted by molar-refractivity contribution is 5.76. The zero-order valence-corrected chi connectivity index (χ0v) is 54.1. The Hall–Kier alpha value is -3.03. The topological polar surface area (TPSA) is 307 Å². The van der Waals surface area contributed by atoms with E-state index in [4.69, 9.17) is 28.4 Å². The summed E-state index contributed by atoms with van der Waals surface area (Å²) in [6.07, 6.45) is 37.9. The molecule has 1 amide bonds. The van der Waals surface area contributed by atoms with E-state index in [9.17, 15) is 61.0 Å². The average molecular weight is 1260 g/mol. The van der Waals surface area contributed by atoms with E-state index in [1.165, 1.54) is 70.6 Å². The average Bonchev–Trinajstić information content (AvgIpc) is 2.42. The highest BCUT2D eigenvalue weighted by atomic mass is 16.8. The van der Waals surface area contributed by atoms with Crippen molar-refractivity contribution < 1.29 is 89.4 Å². The number of aliphatic hydroxyl groups excluding tert-OH is 11. The lowest BCUT2D eigenvalue weighted by Crippen LogP contribution is -2.66. The van der Waals surface area contributed by atoms with Crippen LogP contribution in [0.25, 0.3) is 0 Å². The van der Waals surface area contributed by atoms with Crippen LogP contribution in [0.5, 0.6) is 0 Å². The molecule has 3 aliphatic heterocycles. The highest BCUT2D eigenvalue weighted by Crippen LogP contribution is 2.33. The monoisotopic (exact) mass is 1260 g/mol. The number of rotatable bonds is 51. The van der Waals surface area contributed by atoms with Crippen LogP contribution in [0.3, 0.4) is 0 Å². The van der Waals surface area contributed by atoms with Crippen LogP contribution in [0.2, 0.25) is 0 Å². The number of aliphatic hydroxyl groups is 11. The summed E-state index contributed by atoms with van der Waals surface area (Å²) in [4.78, 5) is 13.4. The Morgan fingerprint density at radius 2 is 0.775 bits per heavy atom. The second kappa shape index (κ2) is 51.4. The molecule has 89 heavy (non-hydrogen) atoms. The summed E-state index contributed by atoms with van der Waals surface area (Å²) >= 11 is 0. The van der Waals surface area contributed by atoms with E-state index in [-0.39, 0.29) is 18.9 Å². The van der Waals surface area contributed by atoms with Gasteiger partial charge in [0.1, 0.15) is 73.2 Å². The van der Waals surface area contributed by atoms with Crippen LogP contribution in [0.15, 0.2) is 85.1 Å². The fourth-order valence-corrected chi connectivity index (χ4v) is 11.2. The van der Waals surface area contributed by atoms with Gasteiger partial charge in [-0.25, -0.2) is 0 Å². The third-order valence-electron chi connectivity index (χ3n) is 16.7.